The molecule has 3 rings (SSSR count). The van der Waals surface area contributed by atoms with Gasteiger partial charge in [-0.15, -0.1) is 0 Å². The fraction of sp³-hybridized carbons (Fsp3) is 0.158. The Hall–Kier alpha value is -2.88. The fourth-order valence-corrected chi connectivity index (χ4v) is 2.48. The van der Waals surface area contributed by atoms with Gasteiger partial charge >= 0.3 is 0 Å². The van der Waals surface area contributed by atoms with Crippen molar-refractivity contribution in [3.05, 3.63) is 71.5 Å². The number of benzene rings is 2. The van der Waals surface area contributed by atoms with Crippen molar-refractivity contribution < 1.29 is 9.94 Å². The summed E-state index contributed by atoms with van der Waals surface area (Å²) in [5.74, 6) is 0.102. The van der Waals surface area contributed by atoms with Gasteiger partial charge in [0.05, 0.1) is 0 Å². The quantitative estimate of drug-likeness (QED) is 0.581. The molecule has 116 valence electrons. The van der Waals surface area contributed by atoms with E-state index < -0.39 is 0 Å². The van der Waals surface area contributed by atoms with Crippen molar-refractivity contribution in [1.82, 2.24) is 4.98 Å². The van der Waals surface area contributed by atoms with Crippen LogP contribution in [-0.4, -0.2) is 15.8 Å². The Morgan fingerprint density at radius 3 is 2.74 bits per heavy atom. The van der Waals surface area contributed by atoms with Gasteiger partial charge in [0.1, 0.15) is 23.8 Å². The van der Waals surface area contributed by atoms with E-state index in [0.29, 0.717) is 18.0 Å². The number of nitrogens with zero attached hydrogens (tertiary/aromatic N) is 2. The third-order valence-corrected chi connectivity index (χ3v) is 3.66. The molecule has 0 saturated carbocycles. The SMILES string of the molecule is CC(=NOCc1cccc2ccccc12)c1nc(C)ccc1O. The van der Waals surface area contributed by atoms with Gasteiger partial charge in [-0.25, -0.2) is 4.98 Å². The second kappa shape index (κ2) is 6.48. The zero-order valence-electron chi connectivity index (χ0n) is 13.2. The highest BCUT2D eigenvalue weighted by atomic mass is 16.6. The molecule has 0 fully saturated rings. The average molecular weight is 306 g/mol. The van der Waals surface area contributed by atoms with E-state index >= 15 is 0 Å². The molecule has 0 bridgehead atoms. The number of hydrogen-bond acceptors (Lipinski definition) is 4. The van der Waals surface area contributed by atoms with E-state index in [1.54, 1.807) is 19.1 Å². The van der Waals surface area contributed by atoms with Crippen LogP contribution in [0.1, 0.15) is 23.9 Å². The normalized spacial score (nSPS) is 11.7. The van der Waals surface area contributed by atoms with Crippen molar-refractivity contribution in [2.75, 3.05) is 0 Å². The van der Waals surface area contributed by atoms with Crippen molar-refractivity contribution in [3.8, 4) is 5.75 Å². The van der Waals surface area contributed by atoms with E-state index in [-0.39, 0.29) is 5.75 Å². The zero-order chi connectivity index (χ0) is 16.2. The number of pyridine rings is 1. The Morgan fingerprint density at radius 1 is 1.09 bits per heavy atom. The number of aryl methyl sites for hydroxylation is 1. The first-order valence-electron chi connectivity index (χ1n) is 7.45. The Labute approximate surface area is 135 Å². The van der Waals surface area contributed by atoms with Crippen LogP contribution in [0, 0.1) is 6.92 Å². The fourth-order valence-electron chi connectivity index (χ4n) is 2.48. The van der Waals surface area contributed by atoms with Crippen LogP contribution in [0.2, 0.25) is 0 Å². The highest BCUT2D eigenvalue weighted by Gasteiger charge is 2.07. The molecule has 4 heteroatoms. The van der Waals surface area contributed by atoms with Gasteiger partial charge in [-0.3, -0.25) is 0 Å². The number of aromatic hydroxyl groups is 1. The molecule has 1 N–H and O–H groups in total. The first kappa shape index (κ1) is 15.0. The Bertz CT molecular complexity index is 867. The highest BCUT2D eigenvalue weighted by Crippen LogP contribution is 2.20. The molecule has 2 aromatic carbocycles. The molecular formula is C19H18N2O2. The smallest absolute Gasteiger partial charge is 0.143 e. The van der Waals surface area contributed by atoms with Crippen LogP contribution in [0.5, 0.6) is 5.75 Å². The molecule has 0 spiro atoms. The van der Waals surface area contributed by atoms with Gasteiger partial charge in [0, 0.05) is 5.69 Å². The van der Waals surface area contributed by atoms with Crippen LogP contribution in [0.4, 0.5) is 0 Å². The standard InChI is InChI=1S/C19H18N2O2/c1-13-10-11-18(22)19(20-13)14(2)21-23-12-16-8-5-7-15-6-3-4-9-17(15)16/h3-11,22H,12H2,1-2H3. The molecule has 4 nitrogen and oxygen atoms in total. The van der Waals surface area contributed by atoms with Crippen molar-refractivity contribution in [2.45, 2.75) is 20.5 Å². The third-order valence-electron chi connectivity index (χ3n) is 3.66. The van der Waals surface area contributed by atoms with Crippen molar-refractivity contribution >= 4 is 16.5 Å². The molecule has 0 amide bonds. The monoisotopic (exact) mass is 306 g/mol. The lowest BCUT2D eigenvalue weighted by atomic mass is 10.1. The summed E-state index contributed by atoms with van der Waals surface area (Å²) >= 11 is 0. The molecule has 0 saturated heterocycles. The molecule has 0 aliphatic carbocycles. The summed E-state index contributed by atoms with van der Waals surface area (Å²) in [4.78, 5) is 9.76. The van der Waals surface area contributed by atoms with E-state index in [0.717, 1.165) is 16.6 Å². The van der Waals surface area contributed by atoms with E-state index in [4.69, 9.17) is 4.84 Å². The largest absolute Gasteiger partial charge is 0.506 e. The predicted molar refractivity (Wildman–Crippen MR) is 91.6 cm³/mol. The molecule has 0 unspecified atom stereocenters. The van der Waals surface area contributed by atoms with Gasteiger partial charge in [0.25, 0.3) is 0 Å². The number of rotatable bonds is 4. The van der Waals surface area contributed by atoms with E-state index in [2.05, 4.69) is 28.3 Å². The summed E-state index contributed by atoms with van der Waals surface area (Å²) in [6, 6.07) is 17.6. The van der Waals surface area contributed by atoms with Crippen molar-refractivity contribution in [2.24, 2.45) is 5.16 Å². The lowest BCUT2D eigenvalue weighted by molar-refractivity contribution is 0.131. The maximum absolute atomic E-state index is 9.86. The van der Waals surface area contributed by atoms with Crippen LogP contribution in [0.3, 0.4) is 0 Å². The van der Waals surface area contributed by atoms with Gasteiger partial charge in [-0.2, -0.15) is 0 Å². The molecular weight excluding hydrogens is 288 g/mol. The van der Waals surface area contributed by atoms with Gasteiger partial charge in [-0.1, -0.05) is 47.6 Å². The van der Waals surface area contributed by atoms with Gasteiger partial charge < -0.3 is 9.94 Å². The molecule has 3 aromatic rings. The van der Waals surface area contributed by atoms with E-state index in [9.17, 15) is 5.11 Å². The summed E-state index contributed by atoms with van der Waals surface area (Å²) < 4.78 is 0. The molecule has 23 heavy (non-hydrogen) atoms. The number of oxime groups is 1. The number of aromatic nitrogens is 1. The van der Waals surface area contributed by atoms with Crippen LogP contribution >= 0.6 is 0 Å². The van der Waals surface area contributed by atoms with Crippen LogP contribution < -0.4 is 0 Å². The highest BCUT2D eigenvalue weighted by molar-refractivity contribution is 5.98. The Balaban J connectivity index is 1.79. The third kappa shape index (κ3) is 3.31. The van der Waals surface area contributed by atoms with Crippen molar-refractivity contribution in [3.63, 3.8) is 0 Å². The Morgan fingerprint density at radius 2 is 1.87 bits per heavy atom. The minimum Gasteiger partial charge on any atom is -0.506 e. The molecule has 1 heterocycles. The Kier molecular flexibility index (Phi) is 4.24. The van der Waals surface area contributed by atoms with Crippen LogP contribution in [-0.2, 0) is 11.4 Å². The lowest BCUT2D eigenvalue weighted by Crippen LogP contribution is -2.02. The number of hydrogen-bond donors (Lipinski definition) is 1. The maximum Gasteiger partial charge on any atom is 0.143 e. The summed E-state index contributed by atoms with van der Waals surface area (Å²) in [6.45, 7) is 4.00. The van der Waals surface area contributed by atoms with E-state index in [1.165, 1.54) is 5.39 Å². The minimum atomic E-state index is 0.102. The molecule has 0 aliphatic rings. The van der Waals surface area contributed by atoms with E-state index in [1.807, 2.05) is 31.2 Å². The maximum atomic E-state index is 9.86. The van der Waals surface area contributed by atoms with Gasteiger partial charge in [0.2, 0.25) is 0 Å². The van der Waals surface area contributed by atoms with Crippen LogP contribution in [0.25, 0.3) is 10.8 Å². The van der Waals surface area contributed by atoms with Crippen LogP contribution in [0.15, 0.2) is 59.8 Å². The molecule has 0 radical (unpaired) electrons. The van der Waals surface area contributed by atoms with Gasteiger partial charge in [-0.05, 0) is 42.3 Å². The molecule has 1 aromatic heterocycles. The summed E-state index contributed by atoms with van der Waals surface area (Å²) in [7, 11) is 0. The summed E-state index contributed by atoms with van der Waals surface area (Å²) in [5.41, 5.74) is 2.89. The minimum absolute atomic E-state index is 0.102. The molecule has 0 atom stereocenters. The second-order valence-corrected chi connectivity index (χ2v) is 5.41. The first-order chi connectivity index (χ1) is 11.1. The average Bonchev–Trinajstić information content (AvgIpc) is 2.57. The molecule has 0 aliphatic heterocycles. The lowest BCUT2D eigenvalue weighted by Gasteiger charge is -2.07. The first-order valence-corrected chi connectivity index (χ1v) is 7.45. The predicted octanol–water partition coefficient (Wildman–Crippen LogP) is 4.19. The summed E-state index contributed by atoms with van der Waals surface area (Å²) in [5, 5.41) is 16.3. The second-order valence-electron chi connectivity index (χ2n) is 5.41. The van der Waals surface area contributed by atoms with Crippen molar-refractivity contribution in [1.29, 1.82) is 0 Å². The topological polar surface area (TPSA) is 54.7 Å². The van der Waals surface area contributed by atoms with Gasteiger partial charge in [0.15, 0.2) is 0 Å². The zero-order valence-corrected chi connectivity index (χ0v) is 13.2. The number of fused-ring (bicyclic) bond motifs is 1. The summed E-state index contributed by atoms with van der Waals surface area (Å²) in [6.07, 6.45) is 0.